The van der Waals surface area contributed by atoms with E-state index in [2.05, 4.69) is 29.8 Å². The molecule has 0 aliphatic carbocycles. The Balaban J connectivity index is 0.982. The molecular weight excluding hydrogens is 1730 g/mol. The first kappa shape index (κ1) is 112. The predicted octanol–water partition coefficient (Wildman–Crippen LogP) is -5.50. The molecule has 8 aliphatic rings. The number of allylic oxidation sites excluding steroid dienone is 1. The molecule has 42 atom stereocenters. The van der Waals surface area contributed by atoms with E-state index in [9.17, 15) is 127 Å². The molecule has 3 amide bonds. The van der Waals surface area contributed by atoms with Crippen LogP contribution in [0.15, 0.2) is 12.2 Å². The van der Waals surface area contributed by atoms with Crippen LogP contribution in [0.1, 0.15) is 208 Å². The Morgan fingerprint density at radius 1 is 0.315 bits per heavy atom. The summed E-state index contributed by atoms with van der Waals surface area (Å²) < 4.78 is 96.9. The molecule has 0 aromatic heterocycles. The molecule has 0 radical (unpaired) electrons. The van der Waals surface area contributed by atoms with Gasteiger partial charge in [0.25, 0.3) is 0 Å². The summed E-state index contributed by atoms with van der Waals surface area (Å²) in [6.07, 6.45) is -45.9. The van der Waals surface area contributed by atoms with E-state index in [1.54, 1.807) is 6.08 Å². The van der Waals surface area contributed by atoms with Crippen LogP contribution in [-0.4, -0.2) is 434 Å². The smallest absolute Gasteiger partial charge is 0.220 e. The van der Waals surface area contributed by atoms with Gasteiger partial charge in [0.1, 0.15) is 183 Å². The fourth-order valence-corrected chi connectivity index (χ4v) is 17.6. The second-order valence-corrected chi connectivity index (χ2v) is 35.5. The van der Waals surface area contributed by atoms with E-state index < -0.39 is 316 Å². The van der Waals surface area contributed by atoms with Crippen LogP contribution in [0.25, 0.3) is 0 Å². The van der Waals surface area contributed by atoms with Gasteiger partial charge in [0, 0.05) is 20.3 Å². The van der Waals surface area contributed by atoms with E-state index in [1.165, 1.54) is 104 Å². The second-order valence-electron chi connectivity index (χ2n) is 35.5. The molecule has 0 saturated carbocycles. The number of carbonyl (C=O) groups is 3. The standard InChI is InChI=1S/C86H153N3O41/c1-7-9-11-13-15-17-19-21-23-25-27-29-31-33-47(98)46(89-54(99)34-32-30-28-26-24-22-20-18-16-14-12-10-8-2)41-115-81-69(112)66(109)72(52(39-94)123-81)124-84-70(113)76(61(104)50(37-92)119-84)128-79-55(87-44(5)96)74(60(103)49(36-91)118-79)126-85-71(114)77(62(105)51(38-93)120-85)129-80-56(88-45(6)97)75(127-82-67(110)63(106)57(100)42(3)116-82)73(53(40-95)122-80)125-86-78(65(108)59(102)48(35-90)121-86)130-83-68(111)64(107)58(101)43(4)117-83/h31,33,42-43,46-53,55-86,90-95,98,100-114H,7-30,32,34-41H2,1-6H3,(H,87,96)(H,88,97)(H,89,99)/b33-31+/t42?,43?,46-,47+,48?,49?,50?,51?,52?,53?,55?,56?,57+,58+,59-,60+,61-,62-,63?,64?,65-,66+,67-,68-,69?,70?,71?,72+,73+,74+,75+,76-,77-,78?,79-,80-,81+,82+,83+,84-,85-,86-/m0/s1. The minimum atomic E-state index is -2.44. The van der Waals surface area contributed by atoms with E-state index >= 15 is 0 Å². The zero-order chi connectivity index (χ0) is 95.2. The monoisotopic (exact) mass is 1880 g/mol. The first-order chi connectivity index (χ1) is 62.2. The molecule has 8 saturated heterocycles. The number of rotatable bonds is 54. The Morgan fingerprint density at radius 3 is 1.08 bits per heavy atom. The van der Waals surface area contributed by atoms with Gasteiger partial charge in [-0.1, -0.05) is 167 Å². The maximum absolute atomic E-state index is 13.6. The van der Waals surface area contributed by atoms with E-state index in [4.69, 9.17) is 75.8 Å². The largest absolute Gasteiger partial charge is 0.394 e. The van der Waals surface area contributed by atoms with Crippen LogP contribution < -0.4 is 16.0 Å². The van der Waals surface area contributed by atoms with Gasteiger partial charge in [-0.15, -0.1) is 0 Å². The maximum Gasteiger partial charge on any atom is 0.220 e. The van der Waals surface area contributed by atoms with Gasteiger partial charge in [-0.2, -0.15) is 0 Å². The molecule has 8 fully saturated rings. The Bertz CT molecular complexity index is 3190. The highest BCUT2D eigenvalue weighted by Gasteiger charge is 2.61. The third-order valence-corrected chi connectivity index (χ3v) is 25.4. The van der Waals surface area contributed by atoms with Crippen LogP contribution in [0.5, 0.6) is 0 Å². The lowest BCUT2D eigenvalue weighted by Gasteiger charge is -2.52. The average Bonchev–Trinajstić information content (AvgIpc) is 0.762. The molecule has 0 bridgehead atoms. The molecule has 0 aromatic rings. The molecule has 758 valence electrons. The molecule has 25 N–H and O–H groups in total. The van der Waals surface area contributed by atoms with E-state index in [0.29, 0.717) is 12.8 Å². The highest BCUT2D eigenvalue weighted by atomic mass is 16.8. The zero-order valence-electron chi connectivity index (χ0n) is 75.3. The molecular formula is C86H153N3O41. The van der Waals surface area contributed by atoms with Crippen molar-refractivity contribution < 1.29 is 203 Å². The first-order valence-corrected chi connectivity index (χ1v) is 46.7. The SMILES string of the molecule is CCCCCCCCCCCCC/C=C/[C@@H](O)[C@H](CO[C@@H]1OC(CO)[C@@H](O[C@@H]2OC(CO)[C@H](O)[C@H](O[C@@H]3OC(CO)[C@@H](O)[C@H](O[C@@H]4OC(CO)[C@H](O)[C@H](O[C@@H]5OC(CO)[C@@H](O[C@@H]6OC(CO)[C@H](O)[C@H](O)C6O[C@H]6OC(C)[C@@H](O)C(O)[C@@H]6O)[C@H](O[C@H]6OC(C)[C@@H](O)C(O)[C@@H]6O)C5NC(C)=O)C4O)C3NC(C)=O)C2O)[C@H](O)C1O)NC(=O)CCCCCCCCCCCCCCC. The van der Waals surface area contributed by atoms with Crippen LogP contribution in [0.3, 0.4) is 0 Å². The summed E-state index contributed by atoms with van der Waals surface area (Å²) in [6.45, 7) is 1.82. The molecule has 8 heterocycles. The fraction of sp³-hybridized carbons (Fsp3) is 0.942. The number of ether oxygens (including phenoxy) is 16. The van der Waals surface area contributed by atoms with Crippen molar-refractivity contribution in [2.75, 3.05) is 46.2 Å². The van der Waals surface area contributed by atoms with Gasteiger partial charge < -0.3 is 204 Å². The number of aliphatic hydroxyl groups is 22. The van der Waals surface area contributed by atoms with Crippen LogP contribution in [0.2, 0.25) is 0 Å². The number of hydrogen-bond acceptors (Lipinski definition) is 41. The minimum absolute atomic E-state index is 0.148. The topological polar surface area (TPSA) is 680 Å². The number of hydrogen-bond donors (Lipinski definition) is 25. The second kappa shape index (κ2) is 56.6. The summed E-state index contributed by atoms with van der Waals surface area (Å²) in [4.78, 5) is 40.5. The Labute approximate surface area is 757 Å². The van der Waals surface area contributed by atoms with Crippen molar-refractivity contribution in [3.63, 3.8) is 0 Å². The van der Waals surface area contributed by atoms with Crippen molar-refractivity contribution in [1.82, 2.24) is 16.0 Å². The zero-order valence-corrected chi connectivity index (χ0v) is 75.3. The van der Waals surface area contributed by atoms with Gasteiger partial charge in [-0.25, -0.2) is 0 Å². The Hall–Kier alpha value is -3.37. The highest BCUT2D eigenvalue weighted by Crippen LogP contribution is 2.41. The molecule has 0 aromatic carbocycles. The summed E-state index contributed by atoms with van der Waals surface area (Å²) in [5, 5.41) is 257. The number of nitrogens with one attached hydrogen (secondary N) is 3. The third-order valence-electron chi connectivity index (χ3n) is 25.4. The molecule has 8 aliphatic heterocycles. The quantitative estimate of drug-likeness (QED) is 0.0200. The van der Waals surface area contributed by atoms with Crippen molar-refractivity contribution in [3.05, 3.63) is 12.2 Å². The molecule has 44 heteroatoms. The van der Waals surface area contributed by atoms with Gasteiger partial charge >= 0.3 is 0 Å². The van der Waals surface area contributed by atoms with Crippen LogP contribution >= 0.6 is 0 Å². The highest BCUT2D eigenvalue weighted by molar-refractivity contribution is 5.76. The first-order valence-electron chi connectivity index (χ1n) is 46.7. The van der Waals surface area contributed by atoms with Gasteiger partial charge in [-0.3, -0.25) is 14.4 Å². The van der Waals surface area contributed by atoms with Crippen molar-refractivity contribution in [2.45, 2.75) is 466 Å². The summed E-state index contributed by atoms with van der Waals surface area (Å²) >= 11 is 0. The maximum atomic E-state index is 13.6. The van der Waals surface area contributed by atoms with Crippen LogP contribution in [0.4, 0.5) is 0 Å². The summed E-state index contributed by atoms with van der Waals surface area (Å²) in [7, 11) is 0. The van der Waals surface area contributed by atoms with E-state index in [1.807, 2.05) is 6.08 Å². The third kappa shape index (κ3) is 31.1. The van der Waals surface area contributed by atoms with Crippen molar-refractivity contribution >= 4 is 17.7 Å². The molecule has 8 rings (SSSR count). The Kier molecular flexibility index (Phi) is 48.8. The molecule has 130 heavy (non-hydrogen) atoms. The lowest BCUT2D eigenvalue weighted by molar-refractivity contribution is -0.401. The number of aliphatic hydroxyl groups excluding tert-OH is 22. The van der Waals surface area contributed by atoms with Crippen molar-refractivity contribution in [2.24, 2.45) is 0 Å². The summed E-state index contributed by atoms with van der Waals surface area (Å²) in [5.41, 5.74) is 0. The Morgan fingerprint density at radius 2 is 0.638 bits per heavy atom. The normalized spacial score (nSPS) is 40.9. The van der Waals surface area contributed by atoms with E-state index in [0.717, 1.165) is 71.6 Å². The summed E-state index contributed by atoms with van der Waals surface area (Å²) in [6, 6.07) is -5.05. The lowest BCUT2D eigenvalue weighted by Crippen LogP contribution is -2.72. The lowest BCUT2D eigenvalue weighted by atomic mass is 9.93. The van der Waals surface area contributed by atoms with Gasteiger partial charge in [0.15, 0.2) is 50.3 Å². The molecule has 0 spiro atoms. The molecule has 44 nitrogen and oxygen atoms in total. The number of carbonyl (C=O) groups excluding carboxylic acids is 3. The van der Waals surface area contributed by atoms with Crippen LogP contribution in [-0.2, 0) is 90.2 Å². The van der Waals surface area contributed by atoms with Gasteiger partial charge in [0.2, 0.25) is 17.7 Å². The minimum Gasteiger partial charge on any atom is -0.394 e. The van der Waals surface area contributed by atoms with Crippen molar-refractivity contribution in [1.29, 1.82) is 0 Å². The number of amides is 3. The average molecular weight is 1890 g/mol. The van der Waals surface area contributed by atoms with Crippen molar-refractivity contribution in [3.8, 4) is 0 Å². The van der Waals surface area contributed by atoms with Gasteiger partial charge in [0.05, 0.1) is 70.6 Å². The van der Waals surface area contributed by atoms with Crippen LogP contribution in [0, 0.1) is 0 Å². The van der Waals surface area contributed by atoms with E-state index in [-0.39, 0.29) is 12.3 Å². The predicted molar refractivity (Wildman–Crippen MR) is 447 cm³/mol. The van der Waals surface area contributed by atoms with Gasteiger partial charge in [-0.05, 0) is 33.1 Å². The number of unbranched alkanes of at least 4 members (excludes halogenated alkanes) is 23. The fourth-order valence-electron chi connectivity index (χ4n) is 17.6. The molecule has 16 unspecified atom stereocenters. The summed E-state index contributed by atoms with van der Waals surface area (Å²) in [5.74, 6) is -2.29.